The summed E-state index contributed by atoms with van der Waals surface area (Å²) in [5.41, 5.74) is 2.72. The smallest absolute Gasteiger partial charge is 0.192 e. The Balaban J connectivity index is 1.78. The molecule has 3 aromatic rings. The molecule has 92 valence electrons. The van der Waals surface area contributed by atoms with Crippen molar-refractivity contribution in [1.82, 2.24) is 4.98 Å². The number of hydrogen-bond acceptors (Lipinski definition) is 4. The third-order valence-electron chi connectivity index (χ3n) is 2.59. The molecule has 0 aliphatic carbocycles. The van der Waals surface area contributed by atoms with E-state index in [0.29, 0.717) is 5.89 Å². The number of fused-ring (bicyclic) bond motifs is 1. The van der Waals surface area contributed by atoms with Crippen LogP contribution in [0.1, 0.15) is 10.8 Å². The number of oxazole rings is 1. The fraction of sp³-hybridized carbons (Fsp3) is 0.154. The van der Waals surface area contributed by atoms with Crippen LogP contribution in [-0.4, -0.2) is 4.98 Å². The van der Waals surface area contributed by atoms with Crippen molar-refractivity contribution in [3.8, 4) is 0 Å². The van der Waals surface area contributed by atoms with E-state index in [2.05, 4.69) is 10.3 Å². The number of thiophene rings is 1. The second-order valence-electron chi connectivity index (χ2n) is 3.97. The minimum absolute atomic E-state index is 0.687. The number of hydrogen-bond donors (Lipinski definition) is 1. The maximum Gasteiger partial charge on any atom is 0.192 e. The first-order valence-corrected chi connectivity index (χ1v) is 6.75. The summed E-state index contributed by atoms with van der Waals surface area (Å²) in [6.45, 7) is 2.61. The highest BCUT2D eigenvalue weighted by atomic mass is 35.5. The van der Waals surface area contributed by atoms with Crippen LogP contribution in [0.25, 0.3) is 11.1 Å². The molecule has 0 atom stereocenters. The van der Waals surface area contributed by atoms with Crippen molar-refractivity contribution >= 4 is 39.7 Å². The van der Waals surface area contributed by atoms with Gasteiger partial charge in [-0.25, -0.2) is 4.98 Å². The maximum atomic E-state index is 5.89. The lowest BCUT2D eigenvalue weighted by Crippen LogP contribution is -1.96. The molecule has 0 aliphatic heterocycles. The maximum absolute atomic E-state index is 5.89. The Morgan fingerprint density at radius 3 is 3.00 bits per heavy atom. The second-order valence-corrected chi connectivity index (χ2v) is 5.77. The standard InChI is InChI=1S/C13H11ClN2OS/c1-8-16-11-6-9(2-4-12(11)17-8)15-7-10-3-5-13(14)18-10/h2-6,15H,7H2,1H3. The Morgan fingerprint density at radius 1 is 1.33 bits per heavy atom. The molecule has 1 aromatic carbocycles. The van der Waals surface area contributed by atoms with E-state index in [0.717, 1.165) is 27.7 Å². The van der Waals surface area contributed by atoms with Crippen molar-refractivity contribution in [3.05, 3.63) is 45.4 Å². The lowest BCUT2D eigenvalue weighted by molar-refractivity contribution is 0.561. The van der Waals surface area contributed by atoms with E-state index in [1.165, 1.54) is 4.88 Å². The van der Waals surface area contributed by atoms with Gasteiger partial charge >= 0.3 is 0 Å². The molecule has 0 unspecified atom stereocenters. The molecule has 0 saturated heterocycles. The summed E-state index contributed by atoms with van der Waals surface area (Å²) in [5.74, 6) is 0.687. The highest BCUT2D eigenvalue weighted by Gasteiger charge is 2.03. The molecule has 2 aromatic heterocycles. The molecule has 0 saturated carbocycles. The zero-order chi connectivity index (χ0) is 12.5. The van der Waals surface area contributed by atoms with Gasteiger partial charge in [0.05, 0.1) is 4.34 Å². The van der Waals surface area contributed by atoms with Crippen LogP contribution in [0, 0.1) is 6.92 Å². The van der Waals surface area contributed by atoms with Gasteiger partial charge < -0.3 is 9.73 Å². The fourth-order valence-corrected chi connectivity index (χ4v) is 2.82. The summed E-state index contributed by atoms with van der Waals surface area (Å²) >= 11 is 7.47. The predicted molar refractivity (Wildman–Crippen MR) is 75.4 cm³/mol. The topological polar surface area (TPSA) is 38.1 Å². The van der Waals surface area contributed by atoms with Crippen LogP contribution < -0.4 is 5.32 Å². The van der Waals surface area contributed by atoms with Crippen molar-refractivity contribution in [2.24, 2.45) is 0 Å². The predicted octanol–water partition coefficient (Wildman–Crippen LogP) is 4.46. The minimum Gasteiger partial charge on any atom is -0.441 e. The van der Waals surface area contributed by atoms with Gasteiger partial charge in [0, 0.05) is 24.0 Å². The first-order chi connectivity index (χ1) is 8.70. The Morgan fingerprint density at radius 2 is 2.22 bits per heavy atom. The second kappa shape index (κ2) is 4.63. The Kier molecular flexibility index (Phi) is 2.97. The van der Waals surface area contributed by atoms with Crippen molar-refractivity contribution in [3.63, 3.8) is 0 Å². The fourth-order valence-electron chi connectivity index (χ4n) is 1.79. The summed E-state index contributed by atoms with van der Waals surface area (Å²) in [6, 6.07) is 9.84. The summed E-state index contributed by atoms with van der Waals surface area (Å²) < 4.78 is 6.25. The Labute approximate surface area is 113 Å². The zero-order valence-electron chi connectivity index (χ0n) is 9.74. The van der Waals surface area contributed by atoms with Crippen molar-refractivity contribution in [2.45, 2.75) is 13.5 Å². The van der Waals surface area contributed by atoms with Crippen LogP contribution in [0.15, 0.2) is 34.7 Å². The number of aromatic nitrogens is 1. The number of nitrogens with one attached hydrogen (secondary N) is 1. The molecule has 0 fully saturated rings. The van der Waals surface area contributed by atoms with E-state index in [-0.39, 0.29) is 0 Å². The third kappa shape index (κ3) is 2.35. The number of aryl methyl sites for hydroxylation is 1. The molecule has 0 aliphatic rings. The number of anilines is 1. The van der Waals surface area contributed by atoms with Gasteiger partial charge in [-0.3, -0.25) is 0 Å². The zero-order valence-corrected chi connectivity index (χ0v) is 11.3. The molecule has 2 heterocycles. The molecule has 0 spiro atoms. The number of rotatable bonds is 3. The van der Waals surface area contributed by atoms with Gasteiger partial charge in [0.2, 0.25) is 0 Å². The van der Waals surface area contributed by atoms with Crippen LogP contribution in [-0.2, 0) is 6.54 Å². The first-order valence-electron chi connectivity index (χ1n) is 5.56. The average Bonchev–Trinajstić information content (AvgIpc) is 2.90. The van der Waals surface area contributed by atoms with Crippen molar-refractivity contribution < 1.29 is 4.42 Å². The molecule has 5 heteroatoms. The van der Waals surface area contributed by atoms with Gasteiger partial charge in [0.1, 0.15) is 5.52 Å². The van der Waals surface area contributed by atoms with Crippen LogP contribution in [0.4, 0.5) is 5.69 Å². The van der Waals surface area contributed by atoms with E-state index in [1.54, 1.807) is 11.3 Å². The average molecular weight is 279 g/mol. The molecule has 0 bridgehead atoms. The number of halogens is 1. The molecular weight excluding hydrogens is 268 g/mol. The number of benzene rings is 1. The van der Waals surface area contributed by atoms with E-state index >= 15 is 0 Å². The van der Waals surface area contributed by atoms with Gasteiger partial charge in [-0.15, -0.1) is 11.3 Å². The summed E-state index contributed by atoms with van der Waals surface area (Å²) in [7, 11) is 0. The Hall–Kier alpha value is -1.52. The normalized spacial score (nSPS) is 11.0. The Bertz CT molecular complexity index is 689. The van der Waals surface area contributed by atoms with E-state index in [4.69, 9.17) is 16.0 Å². The SMILES string of the molecule is Cc1nc2cc(NCc3ccc(Cl)s3)ccc2o1. The monoisotopic (exact) mass is 278 g/mol. The molecule has 3 rings (SSSR count). The molecule has 3 nitrogen and oxygen atoms in total. The van der Waals surface area contributed by atoms with Crippen LogP contribution >= 0.6 is 22.9 Å². The van der Waals surface area contributed by atoms with Gasteiger partial charge in [0.25, 0.3) is 0 Å². The number of nitrogens with zero attached hydrogens (tertiary/aromatic N) is 1. The molecule has 18 heavy (non-hydrogen) atoms. The van der Waals surface area contributed by atoms with Gasteiger partial charge in [0.15, 0.2) is 11.5 Å². The van der Waals surface area contributed by atoms with Crippen LogP contribution in [0.3, 0.4) is 0 Å². The lowest BCUT2D eigenvalue weighted by Gasteiger charge is -2.03. The molecular formula is C13H11ClN2OS. The molecule has 0 radical (unpaired) electrons. The molecule has 1 N–H and O–H groups in total. The van der Waals surface area contributed by atoms with Crippen LogP contribution in [0.2, 0.25) is 4.34 Å². The van der Waals surface area contributed by atoms with E-state index in [9.17, 15) is 0 Å². The van der Waals surface area contributed by atoms with Crippen LogP contribution in [0.5, 0.6) is 0 Å². The van der Waals surface area contributed by atoms with E-state index < -0.39 is 0 Å². The summed E-state index contributed by atoms with van der Waals surface area (Å²) in [4.78, 5) is 5.51. The highest BCUT2D eigenvalue weighted by Crippen LogP contribution is 2.24. The quantitative estimate of drug-likeness (QED) is 0.768. The highest BCUT2D eigenvalue weighted by molar-refractivity contribution is 7.16. The van der Waals surface area contributed by atoms with E-state index in [1.807, 2.05) is 37.3 Å². The largest absolute Gasteiger partial charge is 0.441 e. The summed E-state index contributed by atoms with van der Waals surface area (Å²) in [5, 5.41) is 3.35. The van der Waals surface area contributed by atoms with Gasteiger partial charge in [-0.05, 0) is 30.3 Å². The first kappa shape index (κ1) is 11.6. The van der Waals surface area contributed by atoms with Gasteiger partial charge in [-0.2, -0.15) is 0 Å². The third-order valence-corrected chi connectivity index (χ3v) is 3.82. The molecule has 0 amide bonds. The van der Waals surface area contributed by atoms with Crippen molar-refractivity contribution in [2.75, 3.05) is 5.32 Å². The minimum atomic E-state index is 0.687. The van der Waals surface area contributed by atoms with Crippen molar-refractivity contribution in [1.29, 1.82) is 0 Å². The van der Waals surface area contributed by atoms with Gasteiger partial charge in [-0.1, -0.05) is 11.6 Å². The lowest BCUT2D eigenvalue weighted by atomic mass is 10.3. The summed E-state index contributed by atoms with van der Waals surface area (Å²) in [6.07, 6.45) is 0.